The molecule has 4 heteroatoms. The van der Waals surface area contributed by atoms with E-state index in [1.165, 1.54) is 5.56 Å². The number of nitrogens with one attached hydrogen (secondary N) is 1. The summed E-state index contributed by atoms with van der Waals surface area (Å²) in [7, 11) is 4.40. The second-order valence-electron chi connectivity index (χ2n) is 5.85. The van der Waals surface area contributed by atoms with Crippen molar-refractivity contribution in [1.82, 2.24) is 15.1 Å². The van der Waals surface area contributed by atoms with Gasteiger partial charge in [0, 0.05) is 31.7 Å². The maximum Gasteiger partial charge on any atom is 0.115 e. The fourth-order valence-corrected chi connectivity index (χ4v) is 3.02. The lowest BCUT2D eigenvalue weighted by molar-refractivity contribution is 0.0881. The van der Waals surface area contributed by atoms with Crippen molar-refractivity contribution in [3.8, 4) is 5.75 Å². The second kappa shape index (κ2) is 7.07. The molecule has 1 fully saturated rings. The molecule has 2 N–H and O–H groups in total. The molecule has 1 aromatic carbocycles. The van der Waals surface area contributed by atoms with Gasteiger partial charge < -0.3 is 15.3 Å². The molecule has 2 unspecified atom stereocenters. The molecule has 4 nitrogen and oxygen atoms in total. The summed E-state index contributed by atoms with van der Waals surface area (Å²) in [6.45, 7) is 6.47. The van der Waals surface area contributed by atoms with Crippen molar-refractivity contribution in [3.63, 3.8) is 0 Å². The van der Waals surface area contributed by atoms with Gasteiger partial charge in [-0.1, -0.05) is 19.1 Å². The van der Waals surface area contributed by atoms with Crippen LogP contribution in [-0.4, -0.2) is 67.3 Å². The molecule has 0 spiro atoms. The highest BCUT2D eigenvalue weighted by molar-refractivity contribution is 5.28. The molecule has 1 aliphatic rings. The van der Waals surface area contributed by atoms with Gasteiger partial charge in [0.15, 0.2) is 0 Å². The first kappa shape index (κ1) is 15.3. The molecule has 0 saturated carbocycles. The van der Waals surface area contributed by atoms with Crippen LogP contribution in [0.1, 0.15) is 12.5 Å². The Balaban J connectivity index is 2.09. The number of hydrogen-bond acceptors (Lipinski definition) is 4. The van der Waals surface area contributed by atoms with Gasteiger partial charge in [0.1, 0.15) is 5.75 Å². The third-order valence-electron chi connectivity index (χ3n) is 4.20. The average Bonchev–Trinajstić information content (AvgIpc) is 2.41. The minimum Gasteiger partial charge on any atom is -0.508 e. The smallest absolute Gasteiger partial charge is 0.115 e. The zero-order valence-corrected chi connectivity index (χ0v) is 12.8. The van der Waals surface area contributed by atoms with Gasteiger partial charge in [-0.2, -0.15) is 0 Å². The fourth-order valence-electron chi connectivity index (χ4n) is 3.02. The van der Waals surface area contributed by atoms with E-state index >= 15 is 0 Å². The second-order valence-corrected chi connectivity index (χ2v) is 5.85. The first-order chi connectivity index (χ1) is 9.60. The molecule has 1 aliphatic heterocycles. The Morgan fingerprint density at radius 2 is 2.15 bits per heavy atom. The van der Waals surface area contributed by atoms with Crippen LogP contribution >= 0.6 is 0 Å². The van der Waals surface area contributed by atoms with Gasteiger partial charge in [0.2, 0.25) is 0 Å². The molecule has 20 heavy (non-hydrogen) atoms. The van der Waals surface area contributed by atoms with Crippen LogP contribution in [0.4, 0.5) is 0 Å². The maximum absolute atomic E-state index is 9.62. The van der Waals surface area contributed by atoms with Gasteiger partial charge in [-0.15, -0.1) is 0 Å². The number of aromatic hydroxyl groups is 1. The summed E-state index contributed by atoms with van der Waals surface area (Å²) in [6, 6.07) is 8.54. The standard InChI is InChI=1S/C16H27N3O/c1-4-17-15(11-13-6-5-7-14(20)10-13)16-12-18(2)8-9-19(16)3/h5-7,10,15-17,20H,4,8-9,11-12H2,1-3H3. The van der Waals surface area contributed by atoms with E-state index in [0.717, 1.165) is 32.6 Å². The average molecular weight is 277 g/mol. The highest BCUT2D eigenvalue weighted by Gasteiger charge is 2.29. The molecule has 1 heterocycles. The highest BCUT2D eigenvalue weighted by atomic mass is 16.3. The van der Waals surface area contributed by atoms with Crippen LogP contribution in [0.3, 0.4) is 0 Å². The van der Waals surface area contributed by atoms with Gasteiger partial charge in [0.25, 0.3) is 0 Å². The van der Waals surface area contributed by atoms with Gasteiger partial charge in [-0.3, -0.25) is 4.90 Å². The summed E-state index contributed by atoms with van der Waals surface area (Å²) < 4.78 is 0. The van der Waals surface area contributed by atoms with E-state index in [-0.39, 0.29) is 0 Å². The Morgan fingerprint density at radius 3 is 2.85 bits per heavy atom. The number of nitrogens with zero attached hydrogens (tertiary/aromatic N) is 2. The topological polar surface area (TPSA) is 38.7 Å². The van der Waals surface area contributed by atoms with E-state index in [1.807, 2.05) is 12.1 Å². The molecule has 0 amide bonds. The predicted octanol–water partition coefficient (Wildman–Crippen LogP) is 1.16. The number of rotatable bonds is 5. The highest BCUT2D eigenvalue weighted by Crippen LogP contribution is 2.17. The Hall–Kier alpha value is -1.10. The lowest BCUT2D eigenvalue weighted by atomic mass is 9.96. The number of piperazine rings is 1. The summed E-state index contributed by atoms with van der Waals surface area (Å²) in [6.07, 6.45) is 0.949. The molecule has 1 saturated heterocycles. The van der Waals surface area contributed by atoms with Crippen molar-refractivity contribution in [1.29, 1.82) is 0 Å². The Morgan fingerprint density at radius 1 is 1.35 bits per heavy atom. The van der Waals surface area contributed by atoms with Gasteiger partial charge in [-0.25, -0.2) is 0 Å². The first-order valence-corrected chi connectivity index (χ1v) is 7.50. The SMILES string of the molecule is CCNC(Cc1cccc(O)c1)C1CN(C)CCN1C. The number of phenols is 1. The third kappa shape index (κ3) is 3.95. The van der Waals surface area contributed by atoms with Crippen LogP contribution in [0.25, 0.3) is 0 Å². The van der Waals surface area contributed by atoms with Gasteiger partial charge >= 0.3 is 0 Å². The fraction of sp³-hybridized carbons (Fsp3) is 0.625. The van der Waals surface area contributed by atoms with Crippen molar-refractivity contribution in [3.05, 3.63) is 29.8 Å². The van der Waals surface area contributed by atoms with Crippen LogP contribution in [0.5, 0.6) is 5.75 Å². The minimum absolute atomic E-state index is 0.354. The molecular weight excluding hydrogens is 250 g/mol. The van der Waals surface area contributed by atoms with Crippen molar-refractivity contribution in [2.75, 3.05) is 40.3 Å². The molecule has 0 bridgehead atoms. The lowest BCUT2D eigenvalue weighted by Crippen LogP contribution is -2.59. The molecule has 0 radical (unpaired) electrons. The van der Waals surface area contributed by atoms with E-state index in [0.29, 0.717) is 17.8 Å². The van der Waals surface area contributed by atoms with Crippen LogP contribution < -0.4 is 5.32 Å². The zero-order valence-electron chi connectivity index (χ0n) is 12.8. The lowest BCUT2D eigenvalue weighted by Gasteiger charge is -2.42. The normalized spacial score (nSPS) is 22.9. The van der Waals surface area contributed by atoms with E-state index in [4.69, 9.17) is 0 Å². The van der Waals surface area contributed by atoms with Crippen molar-refractivity contribution >= 4 is 0 Å². The minimum atomic E-state index is 0.354. The number of phenolic OH excluding ortho intramolecular Hbond substituents is 1. The summed E-state index contributed by atoms with van der Waals surface area (Å²) in [5.41, 5.74) is 1.19. The Labute approximate surface area is 122 Å². The van der Waals surface area contributed by atoms with E-state index in [1.54, 1.807) is 6.07 Å². The summed E-state index contributed by atoms with van der Waals surface area (Å²) in [4.78, 5) is 4.85. The van der Waals surface area contributed by atoms with Crippen LogP contribution in [0.2, 0.25) is 0 Å². The molecule has 2 rings (SSSR count). The predicted molar refractivity (Wildman–Crippen MR) is 83.2 cm³/mol. The Kier molecular flexibility index (Phi) is 5.40. The number of hydrogen-bond donors (Lipinski definition) is 2. The van der Waals surface area contributed by atoms with Crippen LogP contribution in [0.15, 0.2) is 24.3 Å². The van der Waals surface area contributed by atoms with Crippen LogP contribution in [0, 0.1) is 0 Å². The summed E-state index contributed by atoms with van der Waals surface area (Å²) in [5.74, 6) is 0.354. The number of benzene rings is 1. The molecule has 2 atom stereocenters. The molecule has 0 aliphatic carbocycles. The number of likely N-dealkylation sites (N-methyl/N-ethyl adjacent to an activating group) is 3. The molecule has 1 aromatic rings. The van der Waals surface area contributed by atoms with Crippen LogP contribution in [-0.2, 0) is 6.42 Å². The monoisotopic (exact) mass is 277 g/mol. The largest absolute Gasteiger partial charge is 0.508 e. The van der Waals surface area contributed by atoms with Gasteiger partial charge in [-0.05, 0) is 44.8 Å². The molecular formula is C16H27N3O. The zero-order chi connectivity index (χ0) is 14.5. The van der Waals surface area contributed by atoms with Gasteiger partial charge in [0.05, 0.1) is 0 Å². The summed E-state index contributed by atoms with van der Waals surface area (Å²) >= 11 is 0. The van der Waals surface area contributed by atoms with Crippen molar-refractivity contribution < 1.29 is 5.11 Å². The van der Waals surface area contributed by atoms with Crippen molar-refractivity contribution in [2.45, 2.75) is 25.4 Å². The molecule has 112 valence electrons. The van der Waals surface area contributed by atoms with Crippen molar-refractivity contribution in [2.24, 2.45) is 0 Å². The Bertz CT molecular complexity index is 424. The van der Waals surface area contributed by atoms with E-state index in [2.05, 4.69) is 42.2 Å². The molecule has 0 aromatic heterocycles. The summed E-state index contributed by atoms with van der Waals surface area (Å²) in [5, 5.41) is 13.2. The maximum atomic E-state index is 9.62. The van der Waals surface area contributed by atoms with E-state index in [9.17, 15) is 5.11 Å². The van der Waals surface area contributed by atoms with E-state index < -0.39 is 0 Å². The quantitative estimate of drug-likeness (QED) is 0.847. The third-order valence-corrected chi connectivity index (χ3v) is 4.20. The first-order valence-electron chi connectivity index (χ1n) is 7.50.